The maximum Gasteiger partial charge on any atom is 0.0589 e. The van der Waals surface area contributed by atoms with Crippen molar-refractivity contribution in [1.82, 2.24) is 4.90 Å². The molecule has 4 nitrogen and oxygen atoms in total. The molecule has 1 aliphatic rings. The quantitative estimate of drug-likeness (QED) is 0.798. The van der Waals surface area contributed by atoms with Gasteiger partial charge in [0.1, 0.15) is 0 Å². The predicted molar refractivity (Wildman–Crippen MR) is 84.9 cm³/mol. The molecule has 0 bridgehead atoms. The molecule has 0 fully saturated rings. The summed E-state index contributed by atoms with van der Waals surface area (Å²) in [6.45, 7) is 5.39. The first-order chi connectivity index (χ1) is 9.35. The van der Waals surface area contributed by atoms with Gasteiger partial charge in [0, 0.05) is 46.1 Å². The highest BCUT2D eigenvalue weighted by molar-refractivity contribution is 5.85. The Kier molecular flexibility index (Phi) is 7.92. The molecule has 114 valence electrons. The third kappa shape index (κ3) is 4.63. The highest BCUT2D eigenvalue weighted by Gasteiger charge is 2.15. The fourth-order valence-corrected chi connectivity index (χ4v) is 2.49. The second kappa shape index (κ2) is 9.19. The van der Waals surface area contributed by atoms with Crippen molar-refractivity contribution < 1.29 is 9.47 Å². The van der Waals surface area contributed by atoms with Crippen LogP contribution in [-0.4, -0.2) is 52.0 Å². The SMILES string of the molecule is COCCN(CCOC)Cc1cccc2c1NCC2.Cl. The number of hydrogen-bond acceptors (Lipinski definition) is 4. The molecule has 0 saturated carbocycles. The van der Waals surface area contributed by atoms with Crippen molar-refractivity contribution in [3.63, 3.8) is 0 Å². The van der Waals surface area contributed by atoms with E-state index in [1.54, 1.807) is 14.2 Å². The normalized spacial score (nSPS) is 12.9. The highest BCUT2D eigenvalue weighted by atomic mass is 35.5. The van der Waals surface area contributed by atoms with Crippen LogP contribution < -0.4 is 5.32 Å². The number of methoxy groups -OCH3 is 2. The van der Waals surface area contributed by atoms with Gasteiger partial charge in [-0.1, -0.05) is 18.2 Å². The predicted octanol–water partition coefficient (Wildman–Crippen LogP) is 2.17. The Bertz CT molecular complexity index is 393. The van der Waals surface area contributed by atoms with E-state index in [-0.39, 0.29) is 12.4 Å². The molecular weight excluding hydrogens is 276 g/mol. The van der Waals surface area contributed by atoms with Gasteiger partial charge in [-0.15, -0.1) is 12.4 Å². The minimum atomic E-state index is 0. The number of benzene rings is 1. The van der Waals surface area contributed by atoms with Crippen LogP contribution >= 0.6 is 12.4 Å². The van der Waals surface area contributed by atoms with Crippen LogP contribution in [0.25, 0.3) is 0 Å². The van der Waals surface area contributed by atoms with Gasteiger partial charge in [-0.05, 0) is 17.5 Å². The van der Waals surface area contributed by atoms with Gasteiger partial charge in [-0.2, -0.15) is 0 Å². The first kappa shape index (κ1) is 17.2. The summed E-state index contributed by atoms with van der Waals surface area (Å²) in [6, 6.07) is 6.59. The maximum atomic E-state index is 5.18. The van der Waals surface area contributed by atoms with Crippen LogP contribution in [-0.2, 0) is 22.4 Å². The average Bonchev–Trinajstić information content (AvgIpc) is 2.91. The largest absolute Gasteiger partial charge is 0.384 e. The molecule has 1 aliphatic heterocycles. The van der Waals surface area contributed by atoms with Crippen LogP contribution in [0.2, 0.25) is 0 Å². The van der Waals surface area contributed by atoms with E-state index < -0.39 is 0 Å². The van der Waals surface area contributed by atoms with Gasteiger partial charge in [0.25, 0.3) is 0 Å². The van der Waals surface area contributed by atoms with Crippen LogP contribution in [0, 0.1) is 0 Å². The number of fused-ring (bicyclic) bond motifs is 1. The molecule has 0 aliphatic carbocycles. The molecule has 1 heterocycles. The zero-order valence-electron chi connectivity index (χ0n) is 12.4. The van der Waals surface area contributed by atoms with Crippen LogP contribution in [0.3, 0.4) is 0 Å². The lowest BCUT2D eigenvalue weighted by Gasteiger charge is -2.23. The van der Waals surface area contributed by atoms with Gasteiger partial charge in [0.2, 0.25) is 0 Å². The molecular formula is C15H25ClN2O2. The highest BCUT2D eigenvalue weighted by Crippen LogP contribution is 2.27. The second-order valence-electron chi connectivity index (χ2n) is 4.89. The van der Waals surface area contributed by atoms with Crippen molar-refractivity contribution in [3.05, 3.63) is 29.3 Å². The number of ether oxygens (including phenoxy) is 2. The summed E-state index contributed by atoms with van der Waals surface area (Å²) in [7, 11) is 3.49. The summed E-state index contributed by atoms with van der Waals surface area (Å²) < 4.78 is 10.4. The Morgan fingerprint density at radius 1 is 1.15 bits per heavy atom. The fourth-order valence-electron chi connectivity index (χ4n) is 2.49. The summed E-state index contributed by atoms with van der Waals surface area (Å²) >= 11 is 0. The van der Waals surface area contributed by atoms with E-state index in [0.717, 1.165) is 45.8 Å². The summed E-state index contributed by atoms with van der Waals surface area (Å²) in [5.41, 5.74) is 4.15. The topological polar surface area (TPSA) is 33.7 Å². The van der Waals surface area contributed by atoms with Crippen LogP contribution in [0.1, 0.15) is 11.1 Å². The zero-order valence-corrected chi connectivity index (χ0v) is 13.2. The first-order valence-electron chi connectivity index (χ1n) is 6.90. The van der Waals surface area contributed by atoms with Crippen molar-refractivity contribution in [2.45, 2.75) is 13.0 Å². The van der Waals surface area contributed by atoms with E-state index in [1.807, 2.05) is 0 Å². The Morgan fingerprint density at radius 3 is 2.50 bits per heavy atom. The van der Waals surface area contributed by atoms with Gasteiger partial charge < -0.3 is 14.8 Å². The lowest BCUT2D eigenvalue weighted by atomic mass is 10.1. The Labute approximate surface area is 127 Å². The molecule has 0 saturated heterocycles. The summed E-state index contributed by atoms with van der Waals surface area (Å²) in [6.07, 6.45) is 1.14. The van der Waals surface area contributed by atoms with Crippen molar-refractivity contribution in [2.75, 3.05) is 52.4 Å². The second-order valence-corrected chi connectivity index (χ2v) is 4.89. The number of hydrogen-bond donors (Lipinski definition) is 1. The minimum absolute atomic E-state index is 0. The Hall–Kier alpha value is -0.810. The molecule has 0 spiro atoms. The number of halogens is 1. The van der Waals surface area contributed by atoms with Crippen LogP contribution in [0.5, 0.6) is 0 Å². The molecule has 0 radical (unpaired) electrons. The van der Waals surface area contributed by atoms with Gasteiger partial charge in [-0.25, -0.2) is 0 Å². The van der Waals surface area contributed by atoms with Crippen molar-refractivity contribution in [1.29, 1.82) is 0 Å². The maximum absolute atomic E-state index is 5.18. The van der Waals surface area contributed by atoms with Crippen LogP contribution in [0.15, 0.2) is 18.2 Å². The smallest absolute Gasteiger partial charge is 0.0589 e. The lowest BCUT2D eigenvalue weighted by molar-refractivity contribution is 0.110. The molecule has 1 N–H and O–H groups in total. The molecule has 20 heavy (non-hydrogen) atoms. The first-order valence-corrected chi connectivity index (χ1v) is 6.90. The van der Waals surface area contributed by atoms with Gasteiger partial charge >= 0.3 is 0 Å². The third-order valence-electron chi connectivity index (χ3n) is 3.55. The van der Waals surface area contributed by atoms with E-state index in [0.29, 0.717) is 0 Å². The molecule has 0 atom stereocenters. The number of rotatable bonds is 8. The lowest BCUT2D eigenvalue weighted by Crippen LogP contribution is -2.30. The summed E-state index contributed by atoms with van der Waals surface area (Å²) in [5, 5.41) is 3.50. The molecule has 0 unspecified atom stereocenters. The van der Waals surface area contributed by atoms with Gasteiger partial charge in [0.15, 0.2) is 0 Å². The zero-order chi connectivity index (χ0) is 13.5. The van der Waals surface area contributed by atoms with E-state index >= 15 is 0 Å². The monoisotopic (exact) mass is 300 g/mol. The van der Waals surface area contributed by atoms with E-state index in [9.17, 15) is 0 Å². The average molecular weight is 301 g/mol. The van der Waals surface area contributed by atoms with Crippen LogP contribution in [0.4, 0.5) is 5.69 Å². The third-order valence-corrected chi connectivity index (χ3v) is 3.55. The molecule has 2 rings (SSSR count). The Balaban J connectivity index is 0.00000200. The minimum Gasteiger partial charge on any atom is -0.384 e. The van der Waals surface area contributed by atoms with E-state index in [2.05, 4.69) is 28.4 Å². The standard InChI is InChI=1S/C15H24N2O2.ClH/c1-18-10-8-17(9-11-19-2)12-14-5-3-4-13-6-7-16-15(13)14;/h3-5,16H,6-12H2,1-2H3;1H. The van der Waals surface area contributed by atoms with Gasteiger partial charge in [-0.3, -0.25) is 4.90 Å². The molecule has 0 aromatic heterocycles. The number of nitrogens with zero attached hydrogens (tertiary/aromatic N) is 1. The van der Waals surface area contributed by atoms with E-state index in [1.165, 1.54) is 16.8 Å². The number of anilines is 1. The molecule has 0 amide bonds. The summed E-state index contributed by atoms with van der Waals surface area (Å²) in [5.74, 6) is 0. The summed E-state index contributed by atoms with van der Waals surface area (Å²) in [4.78, 5) is 2.38. The number of nitrogens with one attached hydrogen (secondary N) is 1. The molecule has 1 aromatic carbocycles. The van der Waals surface area contributed by atoms with Crippen molar-refractivity contribution in [3.8, 4) is 0 Å². The molecule has 5 heteroatoms. The van der Waals surface area contributed by atoms with Crippen molar-refractivity contribution >= 4 is 18.1 Å². The Morgan fingerprint density at radius 2 is 1.85 bits per heavy atom. The number of para-hydroxylation sites is 1. The molecule has 1 aromatic rings. The van der Waals surface area contributed by atoms with Gasteiger partial charge in [0.05, 0.1) is 13.2 Å². The fraction of sp³-hybridized carbons (Fsp3) is 0.600. The van der Waals surface area contributed by atoms with E-state index in [4.69, 9.17) is 9.47 Å². The van der Waals surface area contributed by atoms with Crippen molar-refractivity contribution in [2.24, 2.45) is 0 Å².